The number of pyridine rings is 1. The first kappa shape index (κ1) is 12.4. The van der Waals surface area contributed by atoms with Crippen molar-refractivity contribution in [3.63, 3.8) is 0 Å². The van der Waals surface area contributed by atoms with E-state index in [1.807, 2.05) is 6.92 Å². The highest BCUT2D eigenvalue weighted by Crippen LogP contribution is 2.19. The van der Waals surface area contributed by atoms with E-state index in [2.05, 4.69) is 10.3 Å². The minimum atomic E-state index is -0.0698. The molecular weight excluding hydrogens is 204 g/mol. The lowest BCUT2D eigenvalue weighted by atomic mass is 10.1. The molecule has 1 rings (SSSR count). The van der Waals surface area contributed by atoms with E-state index in [0.717, 1.165) is 5.56 Å². The predicted octanol–water partition coefficient (Wildman–Crippen LogP) is 2.25. The second-order valence-electron chi connectivity index (χ2n) is 3.74. The van der Waals surface area contributed by atoms with Crippen molar-refractivity contribution in [2.45, 2.75) is 34.1 Å². The summed E-state index contributed by atoms with van der Waals surface area (Å²) in [6.07, 6.45) is 0.424. The molecule has 0 aromatic carbocycles. The largest absolute Gasteiger partial charge is 0.324 e. The smallest absolute Gasteiger partial charge is 0.224 e. The van der Waals surface area contributed by atoms with Gasteiger partial charge in [0.1, 0.15) is 5.69 Å². The molecule has 0 aliphatic heterocycles. The molecular formula is C12H16N2O2. The van der Waals surface area contributed by atoms with Crippen LogP contribution in [0.25, 0.3) is 0 Å². The van der Waals surface area contributed by atoms with Crippen LogP contribution in [-0.4, -0.2) is 16.7 Å². The second kappa shape index (κ2) is 4.88. The van der Waals surface area contributed by atoms with Gasteiger partial charge in [0, 0.05) is 13.3 Å². The van der Waals surface area contributed by atoms with Crippen LogP contribution in [0.1, 0.15) is 42.0 Å². The summed E-state index contributed by atoms with van der Waals surface area (Å²) >= 11 is 0. The Morgan fingerprint density at radius 1 is 1.38 bits per heavy atom. The Balaban J connectivity index is 3.12. The molecule has 0 aliphatic carbocycles. The van der Waals surface area contributed by atoms with Gasteiger partial charge < -0.3 is 5.32 Å². The molecule has 16 heavy (non-hydrogen) atoms. The molecule has 4 heteroatoms. The molecule has 0 bridgehead atoms. The van der Waals surface area contributed by atoms with Crippen LogP contribution in [0.5, 0.6) is 0 Å². The Labute approximate surface area is 95.1 Å². The SMILES string of the molecule is CCC(=O)Nc1c(C)cc(C(C)=O)nc1C. The maximum Gasteiger partial charge on any atom is 0.224 e. The lowest BCUT2D eigenvalue weighted by molar-refractivity contribution is -0.115. The highest BCUT2D eigenvalue weighted by molar-refractivity contribution is 5.95. The third-order valence-electron chi connectivity index (χ3n) is 2.34. The molecule has 1 aromatic heterocycles. The topological polar surface area (TPSA) is 59.1 Å². The fraction of sp³-hybridized carbons (Fsp3) is 0.417. The standard InChI is InChI=1S/C12H16N2O2/c1-5-11(16)14-12-7(2)6-10(9(4)15)13-8(12)3/h6H,5H2,1-4H3,(H,14,16). The monoisotopic (exact) mass is 220 g/mol. The number of hydrogen-bond acceptors (Lipinski definition) is 3. The molecule has 0 radical (unpaired) electrons. The summed E-state index contributed by atoms with van der Waals surface area (Å²) in [5, 5.41) is 2.78. The number of amides is 1. The molecule has 4 nitrogen and oxygen atoms in total. The molecule has 1 amide bonds. The van der Waals surface area contributed by atoms with Crippen LogP contribution < -0.4 is 5.32 Å². The predicted molar refractivity (Wildman–Crippen MR) is 62.6 cm³/mol. The number of Topliss-reactive ketones (excluding diaryl/α,β-unsaturated/α-hetero) is 1. The first-order valence-corrected chi connectivity index (χ1v) is 5.24. The maximum atomic E-state index is 11.3. The van der Waals surface area contributed by atoms with E-state index in [1.54, 1.807) is 19.9 Å². The fourth-order valence-corrected chi connectivity index (χ4v) is 1.43. The second-order valence-corrected chi connectivity index (χ2v) is 3.74. The van der Waals surface area contributed by atoms with Gasteiger partial charge in [0.25, 0.3) is 0 Å². The minimum Gasteiger partial charge on any atom is -0.324 e. The third kappa shape index (κ3) is 2.66. The number of nitrogens with zero attached hydrogens (tertiary/aromatic N) is 1. The van der Waals surface area contributed by atoms with Crippen LogP contribution >= 0.6 is 0 Å². The number of anilines is 1. The Morgan fingerprint density at radius 3 is 2.44 bits per heavy atom. The molecule has 0 saturated carbocycles. The van der Waals surface area contributed by atoms with Crippen LogP contribution in [0, 0.1) is 13.8 Å². The van der Waals surface area contributed by atoms with Gasteiger partial charge in [0.2, 0.25) is 5.91 Å². The number of carbonyl (C=O) groups excluding carboxylic acids is 2. The quantitative estimate of drug-likeness (QED) is 0.795. The van der Waals surface area contributed by atoms with Gasteiger partial charge in [-0.25, -0.2) is 4.98 Å². The van der Waals surface area contributed by atoms with Crippen LogP contribution in [-0.2, 0) is 4.79 Å². The normalized spacial score (nSPS) is 10.0. The molecule has 1 N–H and O–H groups in total. The number of ketones is 1. The van der Waals surface area contributed by atoms with Crippen molar-refractivity contribution in [2.24, 2.45) is 0 Å². The first-order valence-electron chi connectivity index (χ1n) is 5.24. The first-order chi connectivity index (χ1) is 7.45. The summed E-state index contributed by atoms with van der Waals surface area (Å²) in [4.78, 5) is 26.6. The molecule has 0 saturated heterocycles. The Morgan fingerprint density at radius 2 is 2.00 bits per heavy atom. The molecule has 1 heterocycles. The number of hydrogen-bond donors (Lipinski definition) is 1. The van der Waals surface area contributed by atoms with E-state index in [9.17, 15) is 9.59 Å². The summed E-state index contributed by atoms with van der Waals surface area (Å²) in [6, 6.07) is 1.70. The van der Waals surface area contributed by atoms with Crippen molar-refractivity contribution < 1.29 is 9.59 Å². The molecule has 0 aliphatic rings. The zero-order valence-corrected chi connectivity index (χ0v) is 10.0. The lowest BCUT2D eigenvalue weighted by Crippen LogP contribution is -2.13. The zero-order valence-electron chi connectivity index (χ0n) is 10.0. The van der Waals surface area contributed by atoms with Crippen LogP contribution in [0.3, 0.4) is 0 Å². The number of nitrogens with one attached hydrogen (secondary N) is 1. The summed E-state index contributed by atoms with van der Waals surface area (Å²) < 4.78 is 0. The number of aryl methyl sites for hydroxylation is 2. The van der Waals surface area contributed by atoms with Gasteiger partial charge in [-0.05, 0) is 25.5 Å². The van der Waals surface area contributed by atoms with Crippen LogP contribution in [0.4, 0.5) is 5.69 Å². The lowest BCUT2D eigenvalue weighted by Gasteiger charge is -2.11. The average Bonchev–Trinajstić information content (AvgIpc) is 2.22. The Kier molecular flexibility index (Phi) is 3.77. The Hall–Kier alpha value is -1.71. The van der Waals surface area contributed by atoms with E-state index < -0.39 is 0 Å². The summed E-state index contributed by atoms with van der Waals surface area (Å²) in [7, 11) is 0. The van der Waals surface area contributed by atoms with Gasteiger partial charge in [-0.15, -0.1) is 0 Å². The van der Waals surface area contributed by atoms with Gasteiger partial charge in [0.05, 0.1) is 11.4 Å². The van der Waals surface area contributed by atoms with Crippen molar-refractivity contribution in [1.82, 2.24) is 4.98 Å². The van der Waals surface area contributed by atoms with E-state index >= 15 is 0 Å². The molecule has 0 unspecified atom stereocenters. The highest BCUT2D eigenvalue weighted by Gasteiger charge is 2.10. The van der Waals surface area contributed by atoms with Crippen molar-refractivity contribution >= 4 is 17.4 Å². The van der Waals surface area contributed by atoms with Crippen molar-refractivity contribution in [3.05, 3.63) is 23.0 Å². The highest BCUT2D eigenvalue weighted by atomic mass is 16.1. The minimum absolute atomic E-state index is 0.0522. The Bertz CT molecular complexity index is 416. The molecule has 0 spiro atoms. The molecule has 86 valence electrons. The van der Waals surface area contributed by atoms with E-state index in [0.29, 0.717) is 23.5 Å². The summed E-state index contributed by atoms with van der Waals surface area (Å²) in [5.74, 6) is -0.122. The number of rotatable bonds is 3. The zero-order chi connectivity index (χ0) is 12.3. The van der Waals surface area contributed by atoms with Gasteiger partial charge >= 0.3 is 0 Å². The van der Waals surface area contributed by atoms with Crippen LogP contribution in [0.15, 0.2) is 6.07 Å². The van der Waals surface area contributed by atoms with E-state index in [-0.39, 0.29) is 11.7 Å². The maximum absolute atomic E-state index is 11.3. The van der Waals surface area contributed by atoms with E-state index in [4.69, 9.17) is 0 Å². The van der Waals surface area contributed by atoms with Crippen molar-refractivity contribution in [2.75, 3.05) is 5.32 Å². The number of aromatic nitrogens is 1. The van der Waals surface area contributed by atoms with Gasteiger partial charge in [-0.3, -0.25) is 9.59 Å². The fourth-order valence-electron chi connectivity index (χ4n) is 1.43. The van der Waals surface area contributed by atoms with Gasteiger partial charge in [-0.2, -0.15) is 0 Å². The van der Waals surface area contributed by atoms with Crippen LogP contribution in [0.2, 0.25) is 0 Å². The summed E-state index contributed by atoms with van der Waals surface area (Å²) in [6.45, 7) is 6.90. The van der Waals surface area contributed by atoms with Gasteiger partial charge in [-0.1, -0.05) is 6.92 Å². The summed E-state index contributed by atoms with van der Waals surface area (Å²) in [5.41, 5.74) is 2.67. The van der Waals surface area contributed by atoms with Crippen molar-refractivity contribution in [3.8, 4) is 0 Å². The molecule has 0 fully saturated rings. The average molecular weight is 220 g/mol. The molecule has 1 aromatic rings. The van der Waals surface area contributed by atoms with Gasteiger partial charge in [0.15, 0.2) is 5.78 Å². The molecule has 0 atom stereocenters. The van der Waals surface area contributed by atoms with E-state index in [1.165, 1.54) is 6.92 Å². The van der Waals surface area contributed by atoms with Crippen molar-refractivity contribution in [1.29, 1.82) is 0 Å². The third-order valence-corrected chi connectivity index (χ3v) is 2.34. The number of carbonyl (C=O) groups is 2.